The summed E-state index contributed by atoms with van der Waals surface area (Å²) in [4.78, 5) is 11.2. The predicted octanol–water partition coefficient (Wildman–Crippen LogP) is 2.90. The third-order valence-electron chi connectivity index (χ3n) is 1.99. The van der Waals surface area contributed by atoms with Gasteiger partial charge in [-0.05, 0) is 39.3 Å². The van der Waals surface area contributed by atoms with E-state index < -0.39 is 6.09 Å². The monoisotopic (exact) mass is 266 g/mol. The van der Waals surface area contributed by atoms with Crippen molar-refractivity contribution in [2.24, 2.45) is 0 Å². The molecule has 5 heteroatoms. The number of carbonyl (C=O) groups excluding carboxylic acids is 1. The number of nitrogens with zero attached hydrogens (tertiary/aromatic N) is 1. The topological polar surface area (TPSA) is 71.3 Å². The van der Waals surface area contributed by atoms with E-state index in [2.05, 4.69) is 5.32 Å². The van der Waals surface area contributed by atoms with Gasteiger partial charge in [0, 0.05) is 6.54 Å². The van der Waals surface area contributed by atoms with Crippen molar-refractivity contribution in [1.82, 2.24) is 5.32 Å². The van der Waals surface area contributed by atoms with Crippen molar-refractivity contribution >= 4 is 6.09 Å². The maximum absolute atomic E-state index is 11.2. The van der Waals surface area contributed by atoms with Crippen LogP contribution in [0.3, 0.4) is 0 Å². The number of carbonyl (C=O) groups is 1. The zero-order valence-electron chi connectivity index (χ0n) is 12.1. The number of allylic oxidation sites excluding steroid dienone is 3. The normalized spacial score (nSPS) is 9.00. The van der Waals surface area contributed by atoms with Crippen LogP contribution in [0.5, 0.6) is 0 Å². The maximum atomic E-state index is 11.2. The molecule has 0 rings (SSSR count). The molecule has 0 aliphatic heterocycles. The van der Waals surface area contributed by atoms with E-state index in [0.29, 0.717) is 13.2 Å². The van der Waals surface area contributed by atoms with E-state index in [1.54, 1.807) is 0 Å². The summed E-state index contributed by atoms with van der Waals surface area (Å²) in [6.45, 7) is 8.68. The van der Waals surface area contributed by atoms with E-state index in [4.69, 9.17) is 14.7 Å². The average Bonchev–Trinajstić information content (AvgIpc) is 2.32. The minimum Gasteiger partial charge on any atom is -0.490 e. The molecule has 1 N–H and O–H groups in total. The zero-order valence-corrected chi connectivity index (χ0v) is 12.1. The number of nitriles is 1. The summed E-state index contributed by atoms with van der Waals surface area (Å²) >= 11 is 0. The van der Waals surface area contributed by atoms with Gasteiger partial charge in [0.05, 0.1) is 12.5 Å². The van der Waals surface area contributed by atoms with Crippen LogP contribution in [-0.4, -0.2) is 25.9 Å². The molecule has 0 atom stereocenters. The van der Waals surface area contributed by atoms with Crippen molar-refractivity contribution in [3.05, 3.63) is 23.0 Å². The first-order valence-corrected chi connectivity index (χ1v) is 6.20. The van der Waals surface area contributed by atoms with E-state index in [1.165, 1.54) is 0 Å². The lowest BCUT2D eigenvalue weighted by atomic mass is 10.2. The van der Waals surface area contributed by atoms with E-state index >= 15 is 0 Å². The van der Waals surface area contributed by atoms with Crippen LogP contribution in [-0.2, 0) is 9.47 Å². The second kappa shape index (κ2) is 10.0. The molecule has 0 saturated heterocycles. The summed E-state index contributed by atoms with van der Waals surface area (Å²) in [6.07, 6.45) is 1.69. The fourth-order valence-electron chi connectivity index (χ4n) is 1.15. The van der Waals surface area contributed by atoms with E-state index in [0.717, 1.165) is 16.9 Å². The summed E-state index contributed by atoms with van der Waals surface area (Å²) in [6, 6.07) is 1.93. The highest BCUT2D eigenvalue weighted by Crippen LogP contribution is 2.09. The Labute approximate surface area is 114 Å². The SMILES string of the molecule is CC(C)=CC(OCCOC(=O)NCCC#N)=C(C)C. The Morgan fingerprint density at radius 3 is 2.37 bits per heavy atom. The van der Waals surface area contributed by atoms with Crippen LogP contribution in [0.4, 0.5) is 4.79 Å². The average molecular weight is 266 g/mol. The molecular formula is C14H22N2O3. The van der Waals surface area contributed by atoms with Crippen molar-refractivity contribution in [3.63, 3.8) is 0 Å². The Morgan fingerprint density at radius 1 is 1.21 bits per heavy atom. The summed E-state index contributed by atoms with van der Waals surface area (Å²) in [5.74, 6) is 0.800. The van der Waals surface area contributed by atoms with Crippen molar-refractivity contribution in [3.8, 4) is 6.07 Å². The van der Waals surface area contributed by atoms with Crippen molar-refractivity contribution in [1.29, 1.82) is 5.26 Å². The lowest BCUT2D eigenvalue weighted by Gasteiger charge is -2.10. The summed E-state index contributed by atoms with van der Waals surface area (Å²) in [5, 5.41) is 10.8. The molecule has 0 aliphatic carbocycles. The molecule has 0 bridgehead atoms. The number of nitrogens with one attached hydrogen (secondary N) is 1. The smallest absolute Gasteiger partial charge is 0.407 e. The lowest BCUT2D eigenvalue weighted by molar-refractivity contribution is 0.106. The van der Waals surface area contributed by atoms with Crippen LogP contribution in [0.15, 0.2) is 23.0 Å². The Balaban J connectivity index is 3.91. The second-order valence-electron chi connectivity index (χ2n) is 4.41. The fraction of sp³-hybridized carbons (Fsp3) is 0.571. The minimum atomic E-state index is -0.528. The third-order valence-corrected chi connectivity index (χ3v) is 1.99. The van der Waals surface area contributed by atoms with Crippen LogP contribution in [0, 0.1) is 11.3 Å². The molecule has 106 valence electrons. The van der Waals surface area contributed by atoms with Gasteiger partial charge in [0.25, 0.3) is 0 Å². The van der Waals surface area contributed by atoms with Crippen LogP contribution in [0.25, 0.3) is 0 Å². The first-order chi connectivity index (χ1) is 8.97. The molecule has 0 aromatic heterocycles. The molecule has 0 radical (unpaired) electrons. The van der Waals surface area contributed by atoms with E-state index in [1.807, 2.05) is 39.8 Å². The summed E-state index contributed by atoms with van der Waals surface area (Å²) in [7, 11) is 0. The number of ether oxygens (including phenoxy) is 2. The zero-order chi connectivity index (χ0) is 14.7. The molecule has 0 unspecified atom stereocenters. The van der Waals surface area contributed by atoms with Gasteiger partial charge >= 0.3 is 6.09 Å². The van der Waals surface area contributed by atoms with Gasteiger partial charge in [-0.15, -0.1) is 0 Å². The number of amides is 1. The first-order valence-electron chi connectivity index (χ1n) is 6.20. The molecule has 0 aliphatic rings. The van der Waals surface area contributed by atoms with Crippen molar-refractivity contribution in [2.45, 2.75) is 34.1 Å². The standard InChI is InChI=1S/C14H22N2O3/c1-11(2)10-13(12(3)4)18-8-9-19-14(17)16-7-5-6-15/h10H,5,7-9H2,1-4H3,(H,16,17). The molecule has 0 saturated carbocycles. The number of alkyl carbamates (subject to hydrolysis) is 1. The molecule has 19 heavy (non-hydrogen) atoms. The van der Waals surface area contributed by atoms with Gasteiger partial charge in [0.1, 0.15) is 19.0 Å². The van der Waals surface area contributed by atoms with Gasteiger partial charge in [-0.3, -0.25) is 0 Å². The third kappa shape index (κ3) is 9.72. The predicted molar refractivity (Wildman–Crippen MR) is 73.3 cm³/mol. The molecule has 0 aromatic rings. The molecule has 0 heterocycles. The first kappa shape index (κ1) is 17.0. The van der Waals surface area contributed by atoms with Crippen molar-refractivity contribution < 1.29 is 14.3 Å². The lowest BCUT2D eigenvalue weighted by Crippen LogP contribution is -2.26. The molecule has 5 nitrogen and oxygen atoms in total. The van der Waals surface area contributed by atoms with Gasteiger partial charge in [0.2, 0.25) is 0 Å². The Bertz CT molecular complexity index is 384. The van der Waals surface area contributed by atoms with Crippen LogP contribution in [0.2, 0.25) is 0 Å². The molecule has 0 spiro atoms. The quantitative estimate of drug-likeness (QED) is 0.437. The fourth-order valence-corrected chi connectivity index (χ4v) is 1.15. The van der Waals surface area contributed by atoms with Crippen molar-refractivity contribution in [2.75, 3.05) is 19.8 Å². The highest BCUT2D eigenvalue weighted by Gasteiger charge is 2.02. The van der Waals surface area contributed by atoms with Crippen LogP contribution in [0.1, 0.15) is 34.1 Å². The van der Waals surface area contributed by atoms with E-state index in [9.17, 15) is 4.79 Å². The summed E-state index contributed by atoms with van der Waals surface area (Å²) < 4.78 is 10.4. The molecule has 0 aromatic carbocycles. The van der Waals surface area contributed by atoms with Gasteiger partial charge in [-0.1, -0.05) is 5.57 Å². The van der Waals surface area contributed by atoms with Gasteiger partial charge in [-0.2, -0.15) is 5.26 Å². The highest BCUT2D eigenvalue weighted by atomic mass is 16.6. The molecule has 0 fully saturated rings. The van der Waals surface area contributed by atoms with E-state index in [-0.39, 0.29) is 13.0 Å². The number of hydrogen-bond donors (Lipinski definition) is 1. The Kier molecular flexibility index (Phi) is 8.98. The second-order valence-corrected chi connectivity index (χ2v) is 4.41. The van der Waals surface area contributed by atoms with Crippen LogP contribution >= 0.6 is 0 Å². The largest absolute Gasteiger partial charge is 0.490 e. The minimum absolute atomic E-state index is 0.172. The number of rotatable bonds is 7. The van der Waals surface area contributed by atoms with Gasteiger partial charge in [-0.25, -0.2) is 4.79 Å². The van der Waals surface area contributed by atoms with Gasteiger partial charge in [0.15, 0.2) is 0 Å². The number of hydrogen-bond acceptors (Lipinski definition) is 4. The van der Waals surface area contributed by atoms with Gasteiger partial charge < -0.3 is 14.8 Å². The summed E-state index contributed by atoms with van der Waals surface area (Å²) in [5.41, 5.74) is 2.21. The molecule has 1 amide bonds. The Morgan fingerprint density at radius 2 is 1.84 bits per heavy atom. The Hall–Kier alpha value is -1.96. The maximum Gasteiger partial charge on any atom is 0.407 e. The highest BCUT2D eigenvalue weighted by molar-refractivity contribution is 5.67. The van der Waals surface area contributed by atoms with Crippen LogP contribution < -0.4 is 5.32 Å². The molecular weight excluding hydrogens is 244 g/mol.